The molecular weight excluding hydrogens is 520 g/mol. The van der Waals surface area contributed by atoms with Crippen molar-refractivity contribution in [2.75, 3.05) is 59.4 Å². The lowest BCUT2D eigenvalue weighted by molar-refractivity contribution is -0.148. The predicted molar refractivity (Wildman–Crippen MR) is 144 cm³/mol. The number of fused-ring (bicyclic) bond motifs is 3. The number of ketones is 2. The number of primary amides is 1. The van der Waals surface area contributed by atoms with Crippen LogP contribution in [-0.2, 0) is 27.3 Å². The molecule has 1 aliphatic heterocycles. The highest BCUT2D eigenvalue weighted by Crippen LogP contribution is 2.53. The van der Waals surface area contributed by atoms with Crippen LogP contribution in [0.2, 0.25) is 0 Å². The first-order chi connectivity index (χ1) is 18.8. The maximum atomic E-state index is 14.1. The topological polar surface area (TPSA) is 177 Å². The summed E-state index contributed by atoms with van der Waals surface area (Å²) in [6, 6.07) is 0.841. The van der Waals surface area contributed by atoms with Crippen LogP contribution in [0.15, 0.2) is 28.7 Å². The molecule has 4 aliphatic rings. The quantitative estimate of drug-likeness (QED) is 0.309. The number of rotatable bonds is 5. The molecule has 4 unspecified atom stereocenters. The molecule has 0 radical (unpaired) electrons. The number of morpholine rings is 1. The Morgan fingerprint density at radius 2 is 1.80 bits per heavy atom. The summed E-state index contributed by atoms with van der Waals surface area (Å²) in [5.41, 5.74) is 3.66. The second kappa shape index (κ2) is 9.88. The lowest BCUT2D eigenvalue weighted by Gasteiger charge is -2.50. The normalized spacial score (nSPS) is 28.9. The summed E-state index contributed by atoms with van der Waals surface area (Å²) in [4.78, 5) is 45.2. The van der Waals surface area contributed by atoms with E-state index in [-0.39, 0.29) is 29.7 Å². The van der Waals surface area contributed by atoms with Gasteiger partial charge < -0.3 is 35.8 Å². The Morgan fingerprint density at radius 1 is 1.15 bits per heavy atom. The van der Waals surface area contributed by atoms with E-state index in [0.29, 0.717) is 44.0 Å². The van der Waals surface area contributed by atoms with Gasteiger partial charge in [-0.15, -0.1) is 0 Å². The number of nitrogens with zero attached hydrogens (tertiary/aromatic N) is 3. The summed E-state index contributed by atoms with van der Waals surface area (Å²) in [6.07, 6.45) is 0.294. The van der Waals surface area contributed by atoms with E-state index >= 15 is 0 Å². The molecule has 5 rings (SSSR count). The van der Waals surface area contributed by atoms with Crippen LogP contribution in [0.25, 0.3) is 0 Å². The number of ether oxygens (including phenoxy) is 1. The number of hydrogen-bond donors (Lipinski definition) is 5. The molecule has 1 aromatic carbocycles. The van der Waals surface area contributed by atoms with Crippen molar-refractivity contribution >= 4 is 23.2 Å². The number of benzene rings is 1. The molecule has 0 spiro atoms. The summed E-state index contributed by atoms with van der Waals surface area (Å²) >= 11 is 0. The summed E-state index contributed by atoms with van der Waals surface area (Å²) in [5.74, 6) is -6.52. The maximum absolute atomic E-state index is 14.1. The Hall–Kier alpha value is -3.45. The van der Waals surface area contributed by atoms with Crippen molar-refractivity contribution in [1.82, 2.24) is 9.80 Å². The molecule has 40 heavy (non-hydrogen) atoms. The molecule has 3 aliphatic carbocycles. The minimum Gasteiger partial charge on any atom is -0.510 e. The van der Waals surface area contributed by atoms with Crippen LogP contribution < -0.4 is 10.6 Å². The molecular formula is C28H36N4O8. The van der Waals surface area contributed by atoms with Crippen LogP contribution in [-0.4, -0.2) is 114 Å². The Morgan fingerprint density at radius 3 is 2.38 bits per heavy atom. The van der Waals surface area contributed by atoms with Gasteiger partial charge in [-0.2, -0.15) is 0 Å². The van der Waals surface area contributed by atoms with Crippen molar-refractivity contribution < 1.29 is 39.5 Å². The van der Waals surface area contributed by atoms with Gasteiger partial charge in [0.25, 0.3) is 5.91 Å². The first-order valence-electron chi connectivity index (χ1n) is 13.3. The first kappa shape index (κ1) is 28.1. The maximum Gasteiger partial charge on any atom is 0.255 e. The number of carbonyl (C=O) groups is 3. The van der Waals surface area contributed by atoms with Crippen molar-refractivity contribution in [3.63, 3.8) is 0 Å². The van der Waals surface area contributed by atoms with Crippen molar-refractivity contribution in [3.05, 3.63) is 45.4 Å². The van der Waals surface area contributed by atoms with Crippen LogP contribution in [0, 0.1) is 11.8 Å². The van der Waals surface area contributed by atoms with E-state index in [1.165, 1.54) is 4.90 Å². The third-order valence-electron chi connectivity index (χ3n) is 8.76. The summed E-state index contributed by atoms with van der Waals surface area (Å²) in [6.45, 7) is 2.84. The molecule has 0 saturated carbocycles. The van der Waals surface area contributed by atoms with Gasteiger partial charge in [-0.05, 0) is 44.5 Å². The molecule has 12 nitrogen and oxygen atoms in total. The second-order valence-electron chi connectivity index (χ2n) is 11.5. The smallest absolute Gasteiger partial charge is 0.255 e. The van der Waals surface area contributed by atoms with Gasteiger partial charge in [0.05, 0.1) is 24.8 Å². The number of aromatic hydroxyl groups is 1. The minimum atomic E-state index is -2.66. The number of phenolic OH excluding ortho intramolecular Hbond substituents is 1. The van der Waals surface area contributed by atoms with Gasteiger partial charge in [-0.3, -0.25) is 24.2 Å². The molecule has 216 valence electrons. The largest absolute Gasteiger partial charge is 0.510 e. The van der Waals surface area contributed by atoms with E-state index in [0.717, 1.165) is 5.69 Å². The molecule has 0 aromatic heterocycles. The third-order valence-corrected chi connectivity index (χ3v) is 8.76. The van der Waals surface area contributed by atoms with Crippen LogP contribution >= 0.6 is 0 Å². The van der Waals surface area contributed by atoms with Gasteiger partial charge in [-0.25, -0.2) is 0 Å². The van der Waals surface area contributed by atoms with Crippen LogP contribution in [0.4, 0.5) is 5.69 Å². The number of aliphatic hydroxyl groups excluding tert-OH is 2. The summed E-state index contributed by atoms with van der Waals surface area (Å²) in [7, 11) is 6.89. The van der Waals surface area contributed by atoms with E-state index in [4.69, 9.17) is 10.5 Å². The van der Waals surface area contributed by atoms with Gasteiger partial charge in [0.1, 0.15) is 22.8 Å². The number of allylic oxidation sites excluding steroid dienone is 1. The zero-order valence-corrected chi connectivity index (χ0v) is 23.1. The van der Waals surface area contributed by atoms with Crippen molar-refractivity contribution in [2.45, 2.75) is 31.0 Å². The lowest BCUT2D eigenvalue weighted by atomic mass is 9.58. The fourth-order valence-electron chi connectivity index (χ4n) is 6.87. The van der Waals surface area contributed by atoms with Gasteiger partial charge in [0.2, 0.25) is 5.78 Å². The molecule has 0 bridgehead atoms. The fourth-order valence-corrected chi connectivity index (χ4v) is 6.87. The third kappa shape index (κ3) is 4.00. The average Bonchev–Trinajstić information content (AvgIpc) is 2.87. The van der Waals surface area contributed by atoms with Crippen molar-refractivity contribution in [2.24, 2.45) is 17.6 Å². The van der Waals surface area contributed by atoms with E-state index in [1.807, 2.05) is 25.1 Å². The van der Waals surface area contributed by atoms with Crippen LogP contribution in [0.5, 0.6) is 5.75 Å². The number of amides is 1. The molecule has 1 heterocycles. The number of anilines is 1. The molecule has 1 fully saturated rings. The summed E-state index contributed by atoms with van der Waals surface area (Å²) < 4.78 is 5.42. The number of aliphatic hydroxyl groups is 3. The zero-order valence-electron chi connectivity index (χ0n) is 23.1. The van der Waals surface area contributed by atoms with E-state index in [2.05, 4.69) is 4.90 Å². The Kier molecular flexibility index (Phi) is 6.94. The number of carbonyl (C=O) groups excluding carboxylic acids is 3. The minimum absolute atomic E-state index is 0.0234. The van der Waals surface area contributed by atoms with E-state index in [1.54, 1.807) is 14.1 Å². The molecule has 1 amide bonds. The number of Topliss-reactive ketones (excluding diaryl/α,β-unsaturated/α-hetero) is 2. The Balaban J connectivity index is 1.67. The average molecular weight is 557 g/mol. The highest BCUT2D eigenvalue weighted by atomic mass is 16.5. The van der Waals surface area contributed by atoms with E-state index < -0.39 is 58.0 Å². The van der Waals surface area contributed by atoms with Crippen LogP contribution in [0.3, 0.4) is 0 Å². The fraction of sp³-hybridized carbons (Fsp3) is 0.536. The molecule has 1 aromatic rings. The van der Waals surface area contributed by atoms with E-state index in [9.17, 15) is 34.8 Å². The lowest BCUT2D eigenvalue weighted by Crippen LogP contribution is -2.63. The highest BCUT2D eigenvalue weighted by molar-refractivity contribution is 6.24. The predicted octanol–water partition coefficient (Wildman–Crippen LogP) is 0.0188. The van der Waals surface area contributed by atoms with Gasteiger partial charge in [0.15, 0.2) is 11.4 Å². The molecule has 1 saturated heterocycles. The number of phenols is 1. The number of likely N-dealkylation sites (N-methyl/N-ethyl adjacent to an activating group) is 1. The van der Waals surface area contributed by atoms with Crippen LogP contribution in [0.1, 0.15) is 27.9 Å². The highest BCUT2D eigenvalue weighted by Gasteiger charge is 2.63. The standard InChI is InChI=1S/C28H36N4O8/c1-30(2)17-11-14(12-32-5-7-40-8-6-32)22(33)19-15(17)9-13-10-16-21(31(3)4)24(35)20(27(29)38)26(37)28(16,39)25(36)18(13)23(19)34/h11,13,16,21,33,35-36,39H,5-10,12H2,1-4H3,(H2,29,38). The number of nitrogens with two attached hydrogens (primary N) is 1. The number of hydrogen-bond acceptors (Lipinski definition) is 11. The molecule has 6 N–H and O–H groups in total. The van der Waals surface area contributed by atoms with Crippen molar-refractivity contribution in [3.8, 4) is 5.75 Å². The summed E-state index contributed by atoms with van der Waals surface area (Å²) in [5, 5.41) is 45.6. The Labute approximate surface area is 231 Å². The molecule has 4 atom stereocenters. The monoisotopic (exact) mass is 556 g/mol. The van der Waals surface area contributed by atoms with Gasteiger partial charge in [-0.1, -0.05) is 0 Å². The van der Waals surface area contributed by atoms with Gasteiger partial charge in [0, 0.05) is 56.5 Å². The second-order valence-corrected chi connectivity index (χ2v) is 11.5. The molecule has 12 heteroatoms. The zero-order chi connectivity index (χ0) is 29.3. The van der Waals surface area contributed by atoms with Gasteiger partial charge >= 0.3 is 0 Å². The Bertz CT molecular complexity index is 1360. The SMILES string of the molecule is CN(C)c1cc(CN2CCOCC2)c(O)c2c1CC1CC3C(N(C)C)C(O)=C(C(N)=O)C(=O)C3(O)C(O)=C1C2=O. The van der Waals surface area contributed by atoms with Crippen molar-refractivity contribution in [1.29, 1.82) is 0 Å². The first-order valence-corrected chi connectivity index (χ1v) is 13.3.